The molecule has 4 fully saturated rings. The third kappa shape index (κ3) is 4.39. The number of carbonyl (C=O) groups is 3. The second-order valence-corrected chi connectivity index (χ2v) is 11.7. The average Bonchev–Trinajstić information content (AvgIpc) is 3.45. The van der Waals surface area contributed by atoms with Gasteiger partial charge in [-0.3, -0.25) is 14.4 Å². The topological polar surface area (TPSA) is 108 Å². The summed E-state index contributed by atoms with van der Waals surface area (Å²) in [6, 6.07) is -1.21. The van der Waals surface area contributed by atoms with Gasteiger partial charge in [0.1, 0.15) is 11.6 Å². The minimum Gasteiger partial charge on any atom is -0.394 e. The highest BCUT2D eigenvalue weighted by molar-refractivity contribution is 5.99. The fraction of sp³-hybridized carbons (Fsp3) is 0.889. The van der Waals surface area contributed by atoms with E-state index in [4.69, 9.17) is 4.74 Å². The number of ether oxygens (including phenoxy) is 1. The van der Waals surface area contributed by atoms with Crippen molar-refractivity contribution in [2.75, 3.05) is 13.2 Å². The summed E-state index contributed by atoms with van der Waals surface area (Å²) in [4.78, 5) is 43.2. The van der Waals surface area contributed by atoms with E-state index in [1.165, 1.54) is 6.42 Å². The first-order valence-electron chi connectivity index (χ1n) is 14.0. The predicted molar refractivity (Wildman–Crippen MR) is 132 cm³/mol. The fourth-order valence-electron chi connectivity index (χ4n) is 7.45. The molecule has 1 spiro atoms. The van der Waals surface area contributed by atoms with Gasteiger partial charge in [-0.05, 0) is 50.9 Å². The number of aliphatic hydroxyl groups excluding tert-OH is 1. The zero-order valence-electron chi connectivity index (χ0n) is 22.0. The summed E-state index contributed by atoms with van der Waals surface area (Å²) < 4.78 is 6.79. The molecule has 0 radical (unpaired) electrons. The number of carbonyl (C=O) groups excluding carboxylic acids is 3. The third-order valence-corrected chi connectivity index (χ3v) is 9.00. The van der Waals surface area contributed by atoms with Crippen LogP contribution in [0.15, 0.2) is 0 Å². The lowest BCUT2D eigenvalue weighted by Crippen LogP contribution is -2.59. The molecule has 4 aliphatic rings. The Kier molecular flexibility index (Phi) is 7.82. The number of fused-ring (bicyclic) bond motifs is 1. The maximum absolute atomic E-state index is 14.2. The highest BCUT2D eigenvalue weighted by Crippen LogP contribution is 2.64. The first kappa shape index (κ1) is 26.4. The summed E-state index contributed by atoms with van der Waals surface area (Å²) in [5.41, 5.74) is -1.75. The van der Waals surface area contributed by atoms with E-state index in [2.05, 4.69) is 24.5 Å². The molecule has 35 heavy (non-hydrogen) atoms. The van der Waals surface area contributed by atoms with Crippen molar-refractivity contribution in [2.45, 2.75) is 121 Å². The normalized spacial score (nSPS) is 35.4. The molecule has 6 atom stereocenters. The van der Waals surface area contributed by atoms with Crippen LogP contribution in [-0.2, 0) is 19.1 Å². The van der Waals surface area contributed by atoms with Crippen molar-refractivity contribution < 1.29 is 24.2 Å². The monoisotopic (exact) mass is 491 g/mol. The molecule has 8 nitrogen and oxygen atoms in total. The SMILES string of the molecule is CCCNC(=O)[C@@H]1[C@H]2C(=O)N([C@@H](CO)CC(C)C)C(C(=O)NC3CCCCC3)C23CC[C@@]1(CC)O3. The Balaban J connectivity index is 1.73. The van der Waals surface area contributed by atoms with Gasteiger partial charge in [0.2, 0.25) is 17.7 Å². The van der Waals surface area contributed by atoms with Gasteiger partial charge in [-0.1, -0.05) is 47.0 Å². The van der Waals surface area contributed by atoms with Gasteiger partial charge in [0.15, 0.2) is 0 Å². The van der Waals surface area contributed by atoms with E-state index in [9.17, 15) is 19.5 Å². The van der Waals surface area contributed by atoms with Gasteiger partial charge in [-0.15, -0.1) is 0 Å². The number of nitrogens with one attached hydrogen (secondary N) is 2. The van der Waals surface area contributed by atoms with E-state index >= 15 is 0 Å². The largest absolute Gasteiger partial charge is 0.394 e. The van der Waals surface area contributed by atoms with Crippen LogP contribution in [-0.4, -0.2) is 70.2 Å². The number of amides is 3. The average molecular weight is 492 g/mol. The number of hydrogen-bond acceptors (Lipinski definition) is 5. The molecule has 1 aliphatic carbocycles. The Labute approximate surface area is 209 Å². The minimum absolute atomic E-state index is 0.101. The maximum Gasteiger partial charge on any atom is 0.246 e. The van der Waals surface area contributed by atoms with Gasteiger partial charge >= 0.3 is 0 Å². The van der Waals surface area contributed by atoms with Crippen LogP contribution in [0.5, 0.6) is 0 Å². The lowest BCUT2D eigenvalue weighted by molar-refractivity contribution is -0.151. The maximum atomic E-state index is 14.2. The van der Waals surface area contributed by atoms with Crippen molar-refractivity contribution >= 4 is 17.7 Å². The molecule has 2 unspecified atom stereocenters. The van der Waals surface area contributed by atoms with Crippen molar-refractivity contribution in [3.05, 3.63) is 0 Å². The Hall–Kier alpha value is -1.67. The van der Waals surface area contributed by atoms with Crippen LogP contribution in [0.25, 0.3) is 0 Å². The lowest BCUT2D eigenvalue weighted by atomic mass is 9.65. The number of rotatable bonds is 10. The quantitative estimate of drug-likeness (QED) is 0.435. The van der Waals surface area contributed by atoms with E-state index in [1.807, 2.05) is 13.8 Å². The summed E-state index contributed by atoms with van der Waals surface area (Å²) in [5.74, 6) is -1.61. The van der Waals surface area contributed by atoms with Crippen molar-refractivity contribution in [3.63, 3.8) is 0 Å². The molecule has 3 N–H and O–H groups in total. The minimum atomic E-state index is -1.02. The van der Waals surface area contributed by atoms with Crippen molar-refractivity contribution in [3.8, 4) is 0 Å². The lowest BCUT2D eigenvalue weighted by Gasteiger charge is -2.38. The van der Waals surface area contributed by atoms with Gasteiger partial charge in [0.25, 0.3) is 0 Å². The van der Waals surface area contributed by atoms with Crippen LogP contribution >= 0.6 is 0 Å². The Morgan fingerprint density at radius 3 is 2.46 bits per heavy atom. The summed E-state index contributed by atoms with van der Waals surface area (Å²) in [5, 5.41) is 16.6. The van der Waals surface area contributed by atoms with Crippen LogP contribution in [0.2, 0.25) is 0 Å². The highest BCUT2D eigenvalue weighted by atomic mass is 16.5. The zero-order chi connectivity index (χ0) is 25.4. The van der Waals surface area contributed by atoms with Crippen LogP contribution in [0, 0.1) is 17.8 Å². The second-order valence-electron chi connectivity index (χ2n) is 11.7. The van der Waals surface area contributed by atoms with Gasteiger partial charge < -0.3 is 25.4 Å². The molecule has 8 heteroatoms. The predicted octanol–water partition coefficient (Wildman–Crippen LogP) is 2.52. The molecule has 0 aromatic carbocycles. The molecule has 1 saturated carbocycles. The van der Waals surface area contributed by atoms with Crippen LogP contribution in [0.4, 0.5) is 0 Å². The van der Waals surface area contributed by atoms with E-state index in [1.54, 1.807) is 4.90 Å². The fourth-order valence-corrected chi connectivity index (χ4v) is 7.45. The first-order valence-corrected chi connectivity index (χ1v) is 14.0. The van der Waals surface area contributed by atoms with Crippen LogP contribution in [0.3, 0.4) is 0 Å². The van der Waals surface area contributed by atoms with E-state index in [0.29, 0.717) is 32.2 Å². The van der Waals surface area contributed by atoms with E-state index < -0.39 is 35.1 Å². The first-order chi connectivity index (χ1) is 16.7. The molecule has 0 aromatic heterocycles. The van der Waals surface area contributed by atoms with Crippen molar-refractivity contribution in [1.29, 1.82) is 0 Å². The van der Waals surface area contributed by atoms with Crippen molar-refractivity contribution in [1.82, 2.24) is 15.5 Å². The summed E-state index contributed by atoms with van der Waals surface area (Å²) in [6.07, 6.45) is 8.51. The van der Waals surface area contributed by atoms with E-state index in [-0.39, 0.29) is 36.3 Å². The van der Waals surface area contributed by atoms with E-state index in [0.717, 1.165) is 32.1 Å². The second kappa shape index (κ2) is 10.4. The molecule has 198 valence electrons. The standard InChI is InChI=1S/C27H45N3O5/c1-5-14-28-23(32)20-21-25(34)30(19(16-31)15-17(3)4)22(24(33)29-18-10-8-7-9-11-18)27(21)13-12-26(20,6-2)35-27/h17-22,31H,5-16H2,1-4H3,(H,28,32)(H,29,33)/t19-,20+,21+,22?,26-,27?/m1/s1. The molecule has 2 bridgehead atoms. The zero-order valence-corrected chi connectivity index (χ0v) is 22.0. The Bertz CT molecular complexity index is 813. The number of hydrogen-bond donors (Lipinski definition) is 3. The molecule has 3 aliphatic heterocycles. The molecule has 3 heterocycles. The Morgan fingerprint density at radius 1 is 1.14 bits per heavy atom. The van der Waals surface area contributed by atoms with Gasteiger partial charge in [-0.2, -0.15) is 0 Å². The molecular formula is C27H45N3O5. The van der Waals surface area contributed by atoms with Crippen molar-refractivity contribution in [2.24, 2.45) is 17.8 Å². The third-order valence-electron chi connectivity index (χ3n) is 9.00. The van der Waals surface area contributed by atoms with Crippen LogP contribution in [0.1, 0.15) is 91.9 Å². The summed E-state index contributed by atoms with van der Waals surface area (Å²) in [7, 11) is 0. The smallest absolute Gasteiger partial charge is 0.246 e. The number of likely N-dealkylation sites (tertiary alicyclic amines) is 1. The van der Waals surface area contributed by atoms with Gasteiger partial charge in [0, 0.05) is 12.6 Å². The van der Waals surface area contributed by atoms with Crippen LogP contribution < -0.4 is 10.6 Å². The number of aliphatic hydroxyl groups is 1. The Morgan fingerprint density at radius 2 is 1.86 bits per heavy atom. The summed E-state index contributed by atoms with van der Waals surface area (Å²) in [6.45, 7) is 8.44. The molecule has 3 amide bonds. The summed E-state index contributed by atoms with van der Waals surface area (Å²) >= 11 is 0. The molecule has 4 rings (SSSR count). The molecule has 0 aromatic rings. The van der Waals surface area contributed by atoms with Gasteiger partial charge in [-0.25, -0.2) is 0 Å². The molecule has 3 saturated heterocycles. The highest BCUT2D eigenvalue weighted by Gasteiger charge is 2.79. The molecular weight excluding hydrogens is 446 g/mol. The number of nitrogens with zero attached hydrogens (tertiary/aromatic N) is 1. The van der Waals surface area contributed by atoms with Gasteiger partial charge in [0.05, 0.1) is 30.1 Å².